The van der Waals surface area contributed by atoms with Crippen LogP contribution in [0.25, 0.3) is 0 Å². The number of carbonyl (C=O) groups is 2. The van der Waals surface area contributed by atoms with Gasteiger partial charge in [0, 0.05) is 28.2 Å². The molecule has 1 fully saturated rings. The van der Waals surface area contributed by atoms with Gasteiger partial charge in [0.25, 0.3) is 5.91 Å². The van der Waals surface area contributed by atoms with Crippen LogP contribution in [0.5, 0.6) is 0 Å². The average molecular weight is 388 g/mol. The van der Waals surface area contributed by atoms with Crippen molar-refractivity contribution in [3.05, 3.63) is 34.6 Å². The van der Waals surface area contributed by atoms with Crippen molar-refractivity contribution >= 4 is 23.4 Å². The van der Waals surface area contributed by atoms with Gasteiger partial charge >= 0.3 is 0 Å². The molecule has 0 unspecified atom stereocenters. The molecule has 1 aromatic carbocycles. The van der Waals surface area contributed by atoms with Gasteiger partial charge in [0.05, 0.1) is 6.54 Å². The Labute approximate surface area is 164 Å². The number of hydrogen-bond donors (Lipinski definition) is 2. The molecule has 0 saturated carbocycles. The fourth-order valence-electron chi connectivity index (χ4n) is 2.49. The van der Waals surface area contributed by atoms with Gasteiger partial charge in [0.15, 0.2) is 0 Å². The van der Waals surface area contributed by atoms with E-state index in [4.69, 9.17) is 17.1 Å². The molecule has 144 valence electrons. The molecule has 0 aromatic heterocycles. The van der Waals surface area contributed by atoms with Gasteiger partial charge in [-0.1, -0.05) is 11.6 Å². The van der Waals surface area contributed by atoms with Crippen molar-refractivity contribution in [1.82, 2.24) is 15.5 Å². The first-order valence-corrected chi connectivity index (χ1v) is 8.80. The van der Waals surface area contributed by atoms with Crippen molar-refractivity contribution in [2.75, 3.05) is 26.1 Å². The van der Waals surface area contributed by atoms with Crippen molar-refractivity contribution in [1.29, 1.82) is 0 Å². The second kappa shape index (κ2) is 8.82. The van der Waals surface area contributed by atoms with Crippen molar-refractivity contribution in [3.63, 3.8) is 0 Å². The Hall–Kier alpha value is -1.66. The van der Waals surface area contributed by atoms with Crippen LogP contribution in [0.3, 0.4) is 0 Å². The maximum Gasteiger partial charge on any atom is 0.251 e. The summed E-state index contributed by atoms with van der Waals surface area (Å²) in [6.45, 7) is 0.772. The summed E-state index contributed by atoms with van der Waals surface area (Å²) in [5.41, 5.74) is -0.485. The van der Waals surface area contributed by atoms with Crippen molar-refractivity contribution in [2.24, 2.45) is 5.92 Å². The lowest BCUT2D eigenvalue weighted by atomic mass is 9.96. The van der Waals surface area contributed by atoms with Crippen LogP contribution in [0.1, 0.15) is 49.5 Å². The quantitative estimate of drug-likeness (QED) is 0.816. The highest BCUT2D eigenvalue weighted by Crippen LogP contribution is 2.17. The van der Waals surface area contributed by atoms with E-state index in [1.54, 1.807) is 20.8 Å². The maximum absolute atomic E-state index is 13.4. The van der Waals surface area contributed by atoms with Gasteiger partial charge in [-0.15, -0.1) is 0 Å². The Balaban J connectivity index is 2.03. The van der Waals surface area contributed by atoms with E-state index in [9.17, 15) is 14.0 Å². The predicted molar refractivity (Wildman–Crippen MR) is 101 cm³/mol. The molecular formula is C19H27ClFN3O2. The molecule has 0 aliphatic carbocycles. The Kier molecular flexibility index (Phi) is 5.23. The second-order valence-electron chi connectivity index (χ2n) is 7.34. The zero-order chi connectivity index (χ0) is 22.9. The Bertz CT molecular complexity index is 779. The molecule has 2 amide bonds. The monoisotopic (exact) mass is 387 g/mol. The molecule has 1 aromatic rings. The van der Waals surface area contributed by atoms with E-state index < -0.39 is 48.6 Å². The number of likely N-dealkylation sites (tertiary alicyclic amines) is 1. The van der Waals surface area contributed by atoms with Crippen LogP contribution in [0.2, 0.25) is 5.02 Å². The van der Waals surface area contributed by atoms with Crippen LogP contribution in [0, 0.1) is 11.7 Å². The van der Waals surface area contributed by atoms with Crippen LogP contribution < -0.4 is 10.6 Å². The summed E-state index contributed by atoms with van der Waals surface area (Å²) >= 11 is 5.76. The number of benzene rings is 1. The minimum atomic E-state index is -2.09. The molecule has 2 rings (SSSR count). The highest BCUT2D eigenvalue weighted by atomic mass is 35.5. The molecule has 1 heterocycles. The molecule has 5 nitrogen and oxygen atoms in total. The summed E-state index contributed by atoms with van der Waals surface area (Å²) in [5.74, 6) is -2.21. The van der Waals surface area contributed by atoms with E-state index in [2.05, 4.69) is 10.6 Å². The van der Waals surface area contributed by atoms with E-state index in [0.717, 1.165) is 17.0 Å². The van der Waals surface area contributed by atoms with E-state index in [1.807, 2.05) is 0 Å². The zero-order valence-electron chi connectivity index (χ0n) is 19.2. The van der Waals surface area contributed by atoms with Crippen LogP contribution >= 0.6 is 11.6 Å². The van der Waals surface area contributed by atoms with Gasteiger partial charge in [0.1, 0.15) is 5.82 Å². The molecule has 1 aliphatic heterocycles. The summed E-state index contributed by atoms with van der Waals surface area (Å²) in [4.78, 5) is 25.4. The van der Waals surface area contributed by atoms with Crippen LogP contribution in [0.15, 0.2) is 18.2 Å². The summed E-state index contributed by atoms with van der Waals surface area (Å²) in [5, 5.41) is 5.38. The molecule has 7 heteroatoms. The Morgan fingerprint density at radius 3 is 2.54 bits per heavy atom. The van der Waals surface area contributed by atoms with Crippen LogP contribution in [-0.2, 0) is 4.79 Å². The van der Waals surface area contributed by atoms with Gasteiger partial charge in [-0.25, -0.2) is 4.39 Å². The largest absolute Gasteiger partial charge is 0.352 e. The van der Waals surface area contributed by atoms with Crippen molar-refractivity contribution < 1.29 is 19.5 Å². The smallest absolute Gasteiger partial charge is 0.251 e. The second-order valence-corrected chi connectivity index (χ2v) is 7.78. The number of hydrogen-bond acceptors (Lipinski definition) is 3. The average Bonchev–Trinajstić information content (AvgIpc) is 2.53. The van der Waals surface area contributed by atoms with Gasteiger partial charge < -0.3 is 10.6 Å². The summed E-state index contributed by atoms with van der Waals surface area (Å²) in [6, 6.07) is 3.43. The number of piperidine rings is 1. The number of nitrogens with one attached hydrogen (secondary N) is 2. The number of halogens is 2. The third-order valence-electron chi connectivity index (χ3n) is 3.63. The number of carbonyl (C=O) groups excluding carboxylic acids is 2. The van der Waals surface area contributed by atoms with Gasteiger partial charge in [-0.2, -0.15) is 0 Å². The van der Waals surface area contributed by atoms with E-state index in [-0.39, 0.29) is 30.0 Å². The minimum Gasteiger partial charge on any atom is -0.352 e. The molecule has 0 radical (unpaired) electrons. The van der Waals surface area contributed by atoms with E-state index in [1.165, 1.54) is 6.07 Å². The fourth-order valence-corrected chi connectivity index (χ4v) is 2.71. The third-order valence-corrected chi connectivity index (χ3v) is 3.85. The lowest BCUT2D eigenvalue weighted by Crippen LogP contribution is -2.48. The Morgan fingerprint density at radius 1 is 1.31 bits per heavy atom. The lowest BCUT2D eigenvalue weighted by Gasteiger charge is -2.32. The van der Waals surface area contributed by atoms with E-state index in [0.29, 0.717) is 0 Å². The first kappa shape index (κ1) is 15.4. The summed E-state index contributed by atoms with van der Waals surface area (Å²) in [7, 11) is 0. The molecule has 1 aliphatic rings. The van der Waals surface area contributed by atoms with Gasteiger partial charge in [-0.05, 0) is 70.7 Å². The third kappa shape index (κ3) is 6.92. The molecular weight excluding hydrogens is 357 g/mol. The fraction of sp³-hybridized carbons (Fsp3) is 0.579. The van der Waals surface area contributed by atoms with Gasteiger partial charge in [-0.3, -0.25) is 14.5 Å². The topological polar surface area (TPSA) is 61.4 Å². The zero-order valence-corrected chi connectivity index (χ0v) is 15.9. The molecule has 0 spiro atoms. The summed E-state index contributed by atoms with van der Waals surface area (Å²) in [6.07, 6.45) is -0.140. The number of nitrogens with zero attached hydrogens (tertiary/aromatic N) is 1. The maximum atomic E-state index is 13.4. The first-order chi connectivity index (χ1) is 13.6. The number of rotatable bonds is 5. The molecule has 0 atom stereocenters. The van der Waals surface area contributed by atoms with Crippen molar-refractivity contribution in [2.45, 2.75) is 39.2 Å². The molecule has 26 heavy (non-hydrogen) atoms. The normalized spacial score (nSPS) is 22.5. The molecule has 0 bridgehead atoms. The highest BCUT2D eigenvalue weighted by Gasteiger charge is 2.23. The Morgan fingerprint density at radius 2 is 1.96 bits per heavy atom. The number of amides is 2. The first-order valence-electron chi connectivity index (χ1n) is 10.4. The lowest BCUT2D eigenvalue weighted by molar-refractivity contribution is -0.124. The van der Waals surface area contributed by atoms with Crippen LogP contribution in [0.4, 0.5) is 4.39 Å². The van der Waals surface area contributed by atoms with E-state index >= 15 is 0 Å². The summed E-state index contributed by atoms with van der Waals surface area (Å²) < 4.78 is 46.6. The predicted octanol–water partition coefficient (Wildman–Crippen LogP) is 2.84. The molecule has 2 N–H and O–H groups in total. The SMILES string of the molecule is [2H]C1([2H])CC(CNC(=O)c2cc(F)cc(Cl)c2)CC([2H])([2H])N1CC(=O)NC(C)(C)C. The van der Waals surface area contributed by atoms with Gasteiger partial charge in [0.2, 0.25) is 5.91 Å². The minimum absolute atomic E-state index is 0.00795. The van der Waals surface area contributed by atoms with Crippen molar-refractivity contribution in [3.8, 4) is 0 Å². The highest BCUT2D eigenvalue weighted by molar-refractivity contribution is 6.31. The molecule has 1 saturated heterocycles. The van der Waals surface area contributed by atoms with Crippen LogP contribution in [-0.4, -0.2) is 48.3 Å². The standard InChI is InChI=1S/C19H27ClFN3O2/c1-19(2,3)23-17(25)12-24-6-4-13(5-7-24)11-22-18(26)14-8-15(20)10-16(21)9-14/h8-10,13H,4-7,11-12H2,1-3H3,(H,22,26)(H,23,25)/i6D2,7D2.